The molecule has 2 aromatic carbocycles. The predicted molar refractivity (Wildman–Crippen MR) is 61.5 cm³/mol. The first kappa shape index (κ1) is 12.3. The van der Waals surface area contributed by atoms with Gasteiger partial charge >= 0.3 is 0 Å². The lowest BCUT2D eigenvalue weighted by Gasteiger charge is -2.08. The minimum absolute atomic E-state index is 0.0192. The zero-order valence-corrected chi connectivity index (χ0v) is 9.29. The van der Waals surface area contributed by atoms with Crippen molar-refractivity contribution in [3.05, 3.63) is 59.4 Å². The van der Waals surface area contributed by atoms with E-state index >= 15 is 0 Å². The van der Waals surface area contributed by atoms with Gasteiger partial charge < -0.3 is 10.5 Å². The number of nitrogen functional groups attached to an aromatic ring is 1. The predicted octanol–water partition coefficient (Wildman–Crippen LogP) is 3.27. The van der Waals surface area contributed by atoms with Crippen LogP contribution < -0.4 is 10.5 Å². The molecule has 2 N–H and O–H groups in total. The first-order chi connectivity index (χ1) is 8.56. The monoisotopic (exact) mass is 253 g/mol. The molecular weight excluding hydrogens is 243 g/mol. The van der Waals surface area contributed by atoms with Crippen molar-refractivity contribution < 1.29 is 17.9 Å². The summed E-state index contributed by atoms with van der Waals surface area (Å²) in [5, 5.41) is 0. The lowest BCUT2D eigenvalue weighted by Crippen LogP contribution is -2.01. The van der Waals surface area contributed by atoms with Crippen molar-refractivity contribution in [1.29, 1.82) is 0 Å². The molecule has 0 unspecified atom stereocenters. The van der Waals surface area contributed by atoms with Gasteiger partial charge in [-0.2, -0.15) is 0 Å². The largest absolute Gasteiger partial charge is 0.489 e. The summed E-state index contributed by atoms with van der Waals surface area (Å²) in [5.41, 5.74) is 6.45. The molecule has 0 aliphatic heterocycles. The molecule has 0 saturated heterocycles. The Hall–Kier alpha value is -2.17. The lowest BCUT2D eigenvalue weighted by atomic mass is 10.2. The third kappa shape index (κ3) is 2.74. The van der Waals surface area contributed by atoms with Gasteiger partial charge in [-0.1, -0.05) is 0 Å². The van der Waals surface area contributed by atoms with Crippen LogP contribution >= 0.6 is 0 Å². The van der Waals surface area contributed by atoms with Crippen LogP contribution in [0.25, 0.3) is 0 Å². The fourth-order valence-electron chi connectivity index (χ4n) is 1.43. The molecular formula is C13H10F3NO. The van der Waals surface area contributed by atoms with E-state index in [0.717, 1.165) is 12.1 Å². The third-order valence-electron chi connectivity index (χ3n) is 2.39. The molecule has 0 aromatic heterocycles. The van der Waals surface area contributed by atoms with Gasteiger partial charge in [0.1, 0.15) is 18.2 Å². The summed E-state index contributed by atoms with van der Waals surface area (Å²) < 4.78 is 43.8. The number of anilines is 1. The van der Waals surface area contributed by atoms with Crippen LogP contribution in [0.15, 0.2) is 36.4 Å². The highest BCUT2D eigenvalue weighted by molar-refractivity contribution is 5.46. The van der Waals surface area contributed by atoms with E-state index in [1.807, 2.05) is 0 Å². The van der Waals surface area contributed by atoms with Gasteiger partial charge in [0.2, 0.25) is 0 Å². The normalized spacial score (nSPS) is 10.4. The van der Waals surface area contributed by atoms with E-state index in [-0.39, 0.29) is 12.4 Å². The summed E-state index contributed by atoms with van der Waals surface area (Å²) in [4.78, 5) is 0. The summed E-state index contributed by atoms with van der Waals surface area (Å²) in [5.74, 6) is -2.24. The average molecular weight is 253 g/mol. The first-order valence-electron chi connectivity index (χ1n) is 5.18. The number of hydrogen-bond acceptors (Lipinski definition) is 2. The van der Waals surface area contributed by atoms with Gasteiger partial charge in [0.15, 0.2) is 11.6 Å². The summed E-state index contributed by atoms with van der Waals surface area (Å²) >= 11 is 0. The second-order valence-electron chi connectivity index (χ2n) is 3.71. The number of nitrogens with two attached hydrogens (primary N) is 1. The number of rotatable bonds is 3. The summed E-state index contributed by atoms with van der Waals surface area (Å²) in [6.45, 7) is -0.0192. The molecule has 94 valence electrons. The Labute approximate surface area is 102 Å². The zero-order valence-electron chi connectivity index (χ0n) is 9.29. The second-order valence-corrected chi connectivity index (χ2v) is 3.71. The number of hydrogen-bond donors (Lipinski definition) is 1. The van der Waals surface area contributed by atoms with E-state index in [9.17, 15) is 13.2 Å². The molecule has 0 aliphatic carbocycles. The van der Waals surface area contributed by atoms with E-state index in [2.05, 4.69) is 0 Å². The summed E-state index contributed by atoms with van der Waals surface area (Å²) in [6, 6.07) is 7.04. The minimum atomic E-state index is -1.00. The molecule has 0 amide bonds. The van der Waals surface area contributed by atoms with Crippen LogP contribution in [0.1, 0.15) is 5.56 Å². The van der Waals surface area contributed by atoms with Crippen LogP contribution in [0.4, 0.5) is 18.9 Å². The van der Waals surface area contributed by atoms with Gasteiger partial charge in [0, 0.05) is 17.3 Å². The lowest BCUT2D eigenvalue weighted by molar-refractivity contribution is 0.303. The van der Waals surface area contributed by atoms with Crippen molar-refractivity contribution in [2.45, 2.75) is 6.61 Å². The van der Waals surface area contributed by atoms with Gasteiger partial charge in [0.05, 0.1) is 0 Å². The molecule has 0 spiro atoms. The topological polar surface area (TPSA) is 35.2 Å². The maximum atomic E-state index is 13.0. The molecule has 2 aromatic rings. The van der Waals surface area contributed by atoms with E-state index in [1.165, 1.54) is 24.3 Å². The number of halogens is 3. The molecule has 0 radical (unpaired) electrons. The van der Waals surface area contributed by atoms with Crippen molar-refractivity contribution in [3.8, 4) is 5.75 Å². The highest BCUT2D eigenvalue weighted by Gasteiger charge is 2.05. The Morgan fingerprint density at radius 2 is 1.72 bits per heavy atom. The van der Waals surface area contributed by atoms with Gasteiger partial charge in [-0.25, -0.2) is 13.2 Å². The molecule has 0 bridgehead atoms. The maximum Gasteiger partial charge on any atom is 0.162 e. The highest BCUT2D eigenvalue weighted by atomic mass is 19.2. The van der Waals surface area contributed by atoms with E-state index < -0.39 is 17.5 Å². The number of ether oxygens (including phenoxy) is 1. The second kappa shape index (κ2) is 5.00. The van der Waals surface area contributed by atoms with Crippen molar-refractivity contribution in [2.75, 3.05) is 5.73 Å². The fraction of sp³-hybridized carbons (Fsp3) is 0.0769. The zero-order chi connectivity index (χ0) is 13.1. The fourth-order valence-corrected chi connectivity index (χ4v) is 1.43. The minimum Gasteiger partial charge on any atom is -0.489 e. The smallest absolute Gasteiger partial charge is 0.162 e. The van der Waals surface area contributed by atoms with E-state index in [1.54, 1.807) is 0 Å². The first-order valence-corrected chi connectivity index (χ1v) is 5.18. The molecule has 5 heteroatoms. The van der Waals surface area contributed by atoms with Crippen LogP contribution in [0.3, 0.4) is 0 Å². The van der Waals surface area contributed by atoms with Gasteiger partial charge in [-0.3, -0.25) is 0 Å². The van der Waals surface area contributed by atoms with Crippen LogP contribution in [0.5, 0.6) is 5.75 Å². The van der Waals surface area contributed by atoms with Crippen molar-refractivity contribution in [1.82, 2.24) is 0 Å². The standard InChI is InChI=1S/C13H10F3NO/c14-9-1-4-13(17)8(5-9)7-18-10-2-3-11(15)12(16)6-10/h1-6H,7,17H2. The quantitative estimate of drug-likeness (QED) is 0.852. The van der Waals surface area contributed by atoms with E-state index in [4.69, 9.17) is 10.5 Å². The molecule has 18 heavy (non-hydrogen) atoms. The molecule has 0 atom stereocenters. The van der Waals surface area contributed by atoms with Crippen LogP contribution in [0.2, 0.25) is 0 Å². The Morgan fingerprint density at radius 1 is 0.944 bits per heavy atom. The average Bonchev–Trinajstić information content (AvgIpc) is 2.34. The molecule has 0 aliphatic rings. The van der Waals surface area contributed by atoms with Crippen LogP contribution in [0, 0.1) is 17.5 Å². The maximum absolute atomic E-state index is 13.0. The third-order valence-corrected chi connectivity index (χ3v) is 2.39. The summed E-state index contributed by atoms with van der Waals surface area (Å²) in [6.07, 6.45) is 0. The SMILES string of the molecule is Nc1ccc(F)cc1COc1ccc(F)c(F)c1. The Balaban J connectivity index is 2.11. The Kier molecular flexibility index (Phi) is 3.41. The highest BCUT2D eigenvalue weighted by Crippen LogP contribution is 2.19. The van der Waals surface area contributed by atoms with Crippen molar-refractivity contribution >= 4 is 5.69 Å². The van der Waals surface area contributed by atoms with Gasteiger partial charge in [-0.05, 0) is 30.3 Å². The van der Waals surface area contributed by atoms with Crippen molar-refractivity contribution in [2.24, 2.45) is 0 Å². The molecule has 2 nitrogen and oxygen atoms in total. The Bertz CT molecular complexity index is 572. The van der Waals surface area contributed by atoms with Gasteiger partial charge in [0.25, 0.3) is 0 Å². The van der Waals surface area contributed by atoms with E-state index in [0.29, 0.717) is 11.3 Å². The van der Waals surface area contributed by atoms with Gasteiger partial charge in [-0.15, -0.1) is 0 Å². The Morgan fingerprint density at radius 3 is 2.44 bits per heavy atom. The van der Waals surface area contributed by atoms with Crippen LogP contribution in [-0.4, -0.2) is 0 Å². The molecule has 0 fully saturated rings. The van der Waals surface area contributed by atoms with Crippen LogP contribution in [-0.2, 0) is 6.61 Å². The molecule has 0 heterocycles. The molecule has 0 saturated carbocycles. The van der Waals surface area contributed by atoms with Crippen molar-refractivity contribution in [3.63, 3.8) is 0 Å². The summed E-state index contributed by atoms with van der Waals surface area (Å²) in [7, 11) is 0. The molecule has 2 rings (SSSR count). The number of benzene rings is 2.